The summed E-state index contributed by atoms with van der Waals surface area (Å²) in [7, 11) is 0. The van der Waals surface area contributed by atoms with Gasteiger partial charge in [-0.25, -0.2) is 0 Å². The zero-order valence-corrected chi connectivity index (χ0v) is 13.3. The summed E-state index contributed by atoms with van der Waals surface area (Å²) in [6.07, 6.45) is -0.484. The van der Waals surface area contributed by atoms with Crippen LogP contribution in [-0.4, -0.2) is 30.3 Å². The van der Waals surface area contributed by atoms with E-state index in [4.69, 9.17) is 20.9 Å². The summed E-state index contributed by atoms with van der Waals surface area (Å²) >= 11 is 0. The molecule has 0 aliphatic carbocycles. The summed E-state index contributed by atoms with van der Waals surface area (Å²) in [6, 6.07) is -1.50. The first-order valence-corrected chi connectivity index (χ1v) is 6.87. The highest BCUT2D eigenvalue weighted by Crippen LogP contribution is 2.19. The first-order chi connectivity index (χ1) is 8.95. The minimum atomic E-state index is -0.999. The predicted octanol–water partition coefficient (Wildman–Crippen LogP) is 1.17. The standard InChI is InChI=1S/C14H28N2O4/c1-8(2)7-10(15)12(17)19-9(3)20-13(18)11(16)14(4,5)6/h8-11H,7,15-16H2,1-6H3/t9?,10-,11+/m0/s1. The van der Waals surface area contributed by atoms with Gasteiger partial charge in [0.25, 0.3) is 0 Å². The molecule has 0 amide bonds. The SMILES string of the molecule is CC(C)C[C@H](N)C(=O)OC(C)OC(=O)[C@@H](N)C(C)(C)C. The van der Waals surface area contributed by atoms with Crippen LogP contribution in [0, 0.1) is 11.3 Å². The van der Waals surface area contributed by atoms with Gasteiger partial charge in [-0.1, -0.05) is 34.6 Å². The van der Waals surface area contributed by atoms with E-state index in [1.54, 1.807) is 0 Å². The largest absolute Gasteiger partial charge is 0.424 e. The van der Waals surface area contributed by atoms with Gasteiger partial charge in [-0.15, -0.1) is 0 Å². The normalized spacial score (nSPS) is 16.4. The lowest BCUT2D eigenvalue weighted by Gasteiger charge is -2.26. The maximum Gasteiger partial charge on any atom is 0.326 e. The van der Waals surface area contributed by atoms with E-state index in [0.717, 1.165) is 0 Å². The van der Waals surface area contributed by atoms with Crippen LogP contribution in [0.25, 0.3) is 0 Å². The molecule has 1 unspecified atom stereocenters. The third-order valence-corrected chi connectivity index (χ3v) is 2.78. The van der Waals surface area contributed by atoms with E-state index >= 15 is 0 Å². The van der Waals surface area contributed by atoms with Gasteiger partial charge in [-0.2, -0.15) is 0 Å². The summed E-state index contributed by atoms with van der Waals surface area (Å²) in [6.45, 7) is 10.9. The van der Waals surface area contributed by atoms with E-state index in [-0.39, 0.29) is 5.92 Å². The molecule has 6 heteroatoms. The average Bonchev–Trinajstić information content (AvgIpc) is 2.25. The Balaban J connectivity index is 4.33. The lowest BCUT2D eigenvalue weighted by Crippen LogP contribution is -2.45. The van der Waals surface area contributed by atoms with E-state index in [9.17, 15) is 9.59 Å². The Morgan fingerprint density at radius 3 is 1.85 bits per heavy atom. The van der Waals surface area contributed by atoms with E-state index in [2.05, 4.69) is 0 Å². The van der Waals surface area contributed by atoms with Crippen LogP contribution < -0.4 is 11.5 Å². The number of hydrogen-bond donors (Lipinski definition) is 2. The summed E-state index contributed by atoms with van der Waals surface area (Å²) in [5.74, 6) is -0.900. The molecule has 0 saturated carbocycles. The van der Waals surface area contributed by atoms with Crippen LogP contribution in [0.3, 0.4) is 0 Å². The molecule has 0 heterocycles. The highest BCUT2D eigenvalue weighted by Gasteiger charge is 2.31. The lowest BCUT2D eigenvalue weighted by atomic mass is 9.87. The second-order valence-electron chi connectivity index (χ2n) is 6.52. The first-order valence-electron chi connectivity index (χ1n) is 6.87. The summed E-state index contributed by atoms with van der Waals surface area (Å²) in [4.78, 5) is 23.4. The van der Waals surface area contributed by atoms with Gasteiger partial charge in [0.15, 0.2) is 0 Å². The van der Waals surface area contributed by atoms with Crippen LogP contribution >= 0.6 is 0 Å². The van der Waals surface area contributed by atoms with Gasteiger partial charge in [-0.05, 0) is 17.8 Å². The highest BCUT2D eigenvalue weighted by atomic mass is 16.7. The molecular weight excluding hydrogens is 260 g/mol. The Labute approximate surface area is 121 Å². The molecule has 3 atom stereocenters. The molecule has 0 spiro atoms. The molecule has 118 valence electrons. The fraction of sp³-hybridized carbons (Fsp3) is 0.857. The topological polar surface area (TPSA) is 105 Å². The number of carbonyl (C=O) groups excluding carboxylic acids is 2. The van der Waals surface area contributed by atoms with Gasteiger partial charge in [0.1, 0.15) is 12.1 Å². The number of hydrogen-bond acceptors (Lipinski definition) is 6. The zero-order valence-electron chi connectivity index (χ0n) is 13.3. The van der Waals surface area contributed by atoms with Crippen LogP contribution in [0.15, 0.2) is 0 Å². The summed E-state index contributed by atoms with van der Waals surface area (Å²) in [5.41, 5.74) is 11.0. The monoisotopic (exact) mass is 288 g/mol. The molecule has 0 aromatic rings. The van der Waals surface area contributed by atoms with Gasteiger partial charge in [0.05, 0.1) is 0 Å². The van der Waals surface area contributed by atoms with Crippen molar-refractivity contribution in [2.45, 2.75) is 66.3 Å². The van der Waals surface area contributed by atoms with Crippen molar-refractivity contribution in [3.63, 3.8) is 0 Å². The van der Waals surface area contributed by atoms with Crippen molar-refractivity contribution in [2.75, 3.05) is 0 Å². The number of rotatable bonds is 6. The Bertz CT molecular complexity index is 337. The molecular formula is C14H28N2O4. The average molecular weight is 288 g/mol. The van der Waals surface area contributed by atoms with E-state index in [0.29, 0.717) is 6.42 Å². The Morgan fingerprint density at radius 1 is 1.00 bits per heavy atom. The fourth-order valence-electron chi connectivity index (χ4n) is 1.47. The molecule has 0 aliphatic rings. The van der Waals surface area contributed by atoms with Crippen LogP contribution in [0.1, 0.15) is 48.0 Å². The smallest absolute Gasteiger partial charge is 0.326 e. The minimum Gasteiger partial charge on any atom is -0.424 e. The summed E-state index contributed by atoms with van der Waals surface area (Å²) in [5, 5.41) is 0. The third-order valence-electron chi connectivity index (χ3n) is 2.78. The molecule has 0 aromatic carbocycles. The van der Waals surface area contributed by atoms with Crippen molar-refractivity contribution >= 4 is 11.9 Å². The maximum absolute atomic E-state index is 11.8. The molecule has 20 heavy (non-hydrogen) atoms. The van der Waals surface area contributed by atoms with E-state index < -0.39 is 35.7 Å². The van der Waals surface area contributed by atoms with Crippen molar-refractivity contribution in [1.82, 2.24) is 0 Å². The van der Waals surface area contributed by atoms with Gasteiger partial charge in [0, 0.05) is 6.92 Å². The quantitative estimate of drug-likeness (QED) is 0.561. The molecule has 6 nitrogen and oxygen atoms in total. The highest BCUT2D eigenvalue weighted by molar-refractivity contribution is 5.77. The molecule has 0 radical (unpaired) electrons. The number of nitrogens with two attached hydrogens (primary N) is 2. The van der Waals surface area contributed by atoms with Gasteiger partial charge in [0.2, 0.25) is 6.29 Å². The lowest BCUT2D eigenvalue weighted by molar-refractivity contribution is -0.187. The van der Waals surface area contributed by atoms with Crippen LogP contribution in [0.5, 0.6) is 0 Å². The minimum absolute atomic E-state index is 0.282. The molecule has 0 aromatic heterocycles. The predicted molar refractivity (Wildman–Crippen MR) is 76.5 cm³/mol. The van der Waals surface area contributed by atoms with Gasteiger partial charge >= 0.3 is 11.9 Å². The Hall–Kier alpha value is -1.14. The fourth-order valence-corrected chi connectivity index (χ4v) is 1.47. The van der Waals surface area contributed by atoms with E-state index in [1.165, 1.54) is 6.92 Å². The molecule has 0 aliphatic heterocycles. The van der Waals surface area contributed by atoms with Crippen molar-refractivity contribution in [3.8, 4) is 0 Å². The molecule has 0 fully saturated rings. The van der Waals surface area contributed by atoms with Crippen molar-refractivity contribution in [1.29, 1.82) is 0 Å². The van der Waals surface area contributed by atoms with Crippen LogP contribution in [0.4, 0.5) is 0 Å². The molecule has 0 saturated heterocycles. The van der Waals surface area contributed by atoms with Gasteiger partial charge < -0.3 is 20.9 Å². The second-order valence-corrected chi connectivity index (χ2v) is 6.52. The second kappa shape index (κ2) is 7.59. The zero-order chi connectivity index (χ0) is 16.1. The van der Waals surface area contributed by atoms with Gasteiger partial charge in [-0.3, -0.25) is 9.59 Å². The Morgan fingerprint density at radius 2 is 1.45 bits per heavy atom. The third kappa shape index (κ3) is 6.86. The molecule has 0 rings (SSSR count). The molecule has 0 bridgehead atoms. The first kappa shape index (κ1) is 18.9. The van der Waals surface area contributed by atoms with Crippen molar-refractivity contribution in [3.05, 3.63) is 0 Å². The number of esters is 2. The van der Waals surface area contributed by atoms with E-state index in [1.807, 2.05) is 34.6 Å². The van der Waals surface area contributed by atoms with Crippen LogP contribution in [0.2, 0.25) is 0 Å². The van der Waals surface area contributed by atoms with Crippen molar-refractivity contribution in [2.24, 2.45) is 22.8 Å². The Kier molecular flexibility index (Phi) is 7.16. The van der Waals surface area contributed by atoms with Crippen molar-refractivity contribution < 1.29 is 19.1 Å². The van der Waals surface area contributed by atoms with Crippen LogP contribution in [-0.2, 0) is 19.1 Å². The molecule has 4 N–H and O–H groups in total. The maximum atomic E-state index is 11.8. The number of ether oxygens (including phenoxy) is 2. The number of carbonyl (C=O) groups is 2. The summed E-state index contributed by atoms with van der Waals surface area (Å²) < 4.78 is 9.99.